The fourth-order valence-corrected chi connectivity index (χ4v) is 1.18. The maximum atomic E-state index is 12.9. The van der Waals surface area contributed by atoms with Gasteiger partial charge in [0.15, 0.2) is 0 Å². The van der Waals surface area contributed by atoms with Crippen molar-refractivity contribution < 1.29 is 22.8 Å². The Kier molecular flexibility index (Phi) is 3.51. The summed E-state index contributed by atoms with van der Waals surface area (Å²) in [5.74, 6) is -1.73. The van der Waals surface area contributed by atoms with Gasteiger partial charge in [-0.25, -0.2) is 4.39 Å². The predicted molar refractivity (Wildman–Crippen MR) is 47.4 cm³/mol. The fourth-order valence-electron chi connectivity index (χ4n) is 0.851. The van der Waals surface area contributed by atoms with Crippen LogP contribution in [-0.4, -0.2) is 11.5 Å². The van der Waals surface area contributed by atoms with Crippen LogP contribution in [0, 0.1) is 15.9 Å². The summed E-state index contributed by atoms with van der Waals surface area (Å²) in [5.41, 5.74) is -0.733. The Bertz CT molecular complexity index is 399. The first-order valence-corrected chi connectivity index (χ1v) is 4.29. The third kappa shape index (κ3) is 2.82. The van der Waals surface area contributed by atoms with Crippen molar-refractivity contribution in [3.8, 4) is 5.75 Å². The maximum absolute atomic E-state index is 12.9. The van der Waals surface area contributed by atoms with Crippen LogP contribution in [0.2, 0.25) is 0 Å². The van der Waals surface area contributed by atoms with Gasteiger partial charge in [0.1, 0.15) is 5.82 Å². The minimum atomic E-state index is -3.25. The van der Waals surface area contributed by atoms with Crippen molar-refractivity contribution in [2.75, 3.05) is 0 Å². The Morgan fingerprint density at radius 2 is 2.07 bits per heavy atom. The zero-order valence-corrected chi connectivity index (χ0v) is 8.50. The molecule has 4 nitrogen and oxygen atoms in total. The second-order valence-electron chi connectivity index (χ2n) is 2.37. The van der Waals surface area contributed by atoms with E-state index in [-0.39, 0.29) is 4.47 Å². The van der Waals surface area contributed by atoms with E-state index in [0.29, 0.717) is 6.07 Å². The second kappa shape index (κ2) is 4.47. The molecule has 1 rings (SSSR count). The van der Waals surface area contributed by atoms with Crippen molar-refractivity contribution in [3.05, 3.63) is 32.5 Å². The topological polar surface area (TPSA) is 52.4 Å². The Balaban J connectivity index is 3.22. The van der Waals surface area contributed by atoms with Crippen LogP contribution >= 0.6 is 15.9 Å². The number of hydrogen-bond acceptors (Lipinski definition) is 3. The maximum Gasteiger partial charge on any atom is 0.387 e. The molecule has 0 spiro atoms. The molecule has 0 N–H and O–H groups in total. The molecule has 0 unspecified atom stereocenters. The molecule has 0 bridgehead atoms. The normalized spacial score (nSPS) is 10.5. The van der Waals surface area contributed by atoms with E-state index in [1.165, 1.54) is 0 Å². The highest BCUT2D eigenvalue weighted by atomic mass is 79.9. The summed E-state index contributed by atoms with van der Waals surface area (Å²) in [6.07, 6.45) is 0. The van der Waals surface area contributed by atoms with E-state index >= 15 is 0 Å². The number of nitrogens with zero attached hydrogens (tertiary/aromatic N) is 1. The van der Waals surface area contributed by atoms with Crippen molar-refractivity contribution in [1.82, 2.24) is 0 Å². The summed E-state index contributed by atoms with van der Waals surface area (Å²) in [7, 11) is 0. The minimum Gasteiger partial charge on any atom is -0.427 e. The van der Waals surface area contributed by atoms with Gasteiger partial charge in [0.25, 0.3) is 0 Å². The van der Waals surface area contributed by atoms with Crippen LogP contribution in [0.25, 0.3) is 0 Å². The molecule has 1 aromatic rings. The number of benzene rings is 1. The van der Waals surface area contributed by atoms with Crippen LogP contribution in [0.4, 0.5) is 18.9 Å². The highest BCUT2D eigenvalue weighted by Gasteiger charge is 2.21. The lowest BCUT2D eigenvalue weighted by molar-refractivity contribution is -0.386. The lowest BCUT2D eigenvalue weighted by atomic mass is 10.3. The molecule has 0 aliphatic rings. The Hall–Kier alpha value is -1.31. The van der Waals surface area contributed by atoms with Gasteiger partial charge >= 0.3 is 12.3 Å². The van der Waals surface area contributed by atoms with Gasteiger partial charge in [-0.1, -0.05) is 0 Å². The van der Waals surface area contributed by atoms with E-state index in [1.807, 2.05) is 0 Å². The standard InChI is InChI=1S/C7H3BrF3NO3/c8-3-1-5(12(13)14)6(2-4(3)9)15-7(10)11/h1-2,7H. The fraction of sp³-hybridized carbons (Fsp3) is 0.143. The number of ether oxygens (including phenoxy) is 1. The third-order valence-electron chi connectivity index (χ3n) is 1.41. The first-order chi connectivity index (χ1) is 6.91. The molecule has 0 radical (unpaired) electrons. The molecule has 0 aliphatic heterocycles. The molecule has 0 aliphatic carbocycles. The zero-order valence-electron chi connectivity index (χ0n) is 6.92. The number of alkyl halides is 2. The van der Waals surface area contributed by atoms with Crippen molar-refractivity contribution >= 4 is 21.6 Å². The molecule has 1 aromatic carbocycles. The largest absolute Gasteiger partial charge is 0.427 e. The van der Waals surface area contributed by atoms with Crippen molar-refractivity contribution in [2.45, 2.75) is 6.61 Å². The Morgan fingerprint density at radius 3 is 2.53 bits per heavy atom. The van der Waals surface area contributed by atoms with E-state index in [9.17, 15) is 23.3 Å². The zero-order chi connectivity index (χ0) is 11.6. The molecule has 0 saturated carbocycles. The summed E-state index contributed by atoms with van der Waals surface area (Å²) >= 11 is 2.69. The molecule has 0 amide bonds. The summed E-state index contributed by atoms with van der Waals surface area (Å²) in [6, 6.07) is 1.28. The van der Waals surface area contributed by atoms with Gasteiger partial charge in [-0.3, -0.25) is 10.1 Å². The molecular weight excluding hydrogens is 283 g/mol. The summed E-state index contributed by atoms with van der Waals surface area (Å²) < 4.78 is 40.1. The number of nitro groups is 1. The van der Waals surface area contributed by atoms with Crippen LogP contribution < -0.4 is 4.74 Å². The molecule has 82 valence electrons. The summed E-state index contributed by atoms with van der Waals surface area (Å²) in [5, 5.41) is 10.4. The van der Waals surface area contributed by atoms with Gasteiger partial charge in [0.05, 0.1) is 9.40 Å². The highest BCUT2D eigenvalue weighted by molar-refractivity contribution is 9.10. The van der Waals surface area contributed by atoms with Crippen LogP contribution in [0.3, 0.4) is 0 Å². The SMILES string of the molecule is O=[N+]([O-])c1cc(Br)c(F)cc1OC(F)F. The quantitative estimate of drug-likeness (QED) is 0.633. The van der Waals surface area contributed by atoms with Crippen molar-refractivity contribution in [3.63, 3.8) is 0 Å². The molecule has 0 heterocycles. The molecule has 0 saturated heterocycles. The number of halogens is 4. The molecule has 0 atom stereocenters. The van der Waals surface area contributed by atoms with Crippen LogP contribution in [0.1, 0.15) is 0 Å². The average Bonchev–Trinajstić information content (AvgIpc) is 2.09. The highest BCUT2D eigenvalue weighted by Crippen LogP contribution is 2.33. The van der Waals surface area contributed by atoms with Crippen molar-refractivity contribution in [2.24, 2.45) is 0 Å². The monoisotopic (exact) mass is 285 g/mol. The van der Waals surface area contributed by atoms with Crippen LogP contribution in [-0.2, 0) is 0 Å². The van der Waals surface area contributed by atoms with E-state index in [4.69, 9.17) is 0 Å². The molecule has 0 fully saturated rings. The number of nitro benzene ring substituents is 1. The average molecular weight is 286 g/mol. The van der Waals surface area contributed by atoms with Gasteiger partial charge in [-0.15, -0.1) is 0 Å². The summed E-state index contributed by atoms with van der Waals surface area (Å²) in [6.45, 7) is -3.25. The molecule has 0 aromatic heterocycles. The molecule has 8 heteroatoms. The van der Waals surface area contributed by atoms with E-state index in [1.54, 1.807) is 0 Å². The third-order valence-corrected chi connectivity index (χ3v) is 2.02. The van der Waals surface area contributed by atoms with Gasteiger partial charge < -0.3 is 4.74 Å². The van der Waals surface area contributed by atoms with E-state index in [0.717, 1.165) is 6.07 Å². The van der Waals surface area contributed by atoms with Gasteiger partial charge in [-0.05, 0) is 15.9 Å². The summed E-state index contributed by atoms with van der Waals surface area (Å²) in [4.78, 5) is 9.46. The van der Waals surface area contributed by atoms with E-state index < -0.39 is 28.8 Å². The number of rotatable bonds is 3. The Labute approximate surface area is 89.9 Å². The van der Waals surface area contributed by atoms with E-state index in [2.05, 4.69) is 20.7 Å². The Morgan fingerprint density at radius 1 is 1.47 bits per heavy atom. The molecular formula is C7H3BrF3NO3. The lowest BCUT2D eigenvalue weighted by Crippen LogP contribution is -2.05. The smallest absolute Gasteiger partial charge is 0.387 e. The first kappa shape index (κ1) is 11.8. The van der Waals surface area contributed by atoms with Gasteiger partial charge in [0, 0.05) is 12.1 Å². The van der Waals surface area contributed by atoms with Crippen LogP contribution in [0.15, 0.2) is 16.6 Å². The first-order valence-electron chi connectivity index (χ1n) is 3.50. The predicted octanol–water partition coefficient (Wildman–Crippen LogP) is 3.10. The number of hydrogen-bond donors (Lipinski definition) is 0. The van der Waals surface area contributed by atoms with Gasteiger partial charge in [-0.2, -0.15) is 8.78 Å². The minimum absolute atomic E-state index is 0.198. The van der Waals surface area contributed by atoms with Crippen LogP contribution in [0.5, 0.6) is 5.75 Å². The molecule has 15 heavy (non-hydrogen) atoms. The second-order valence-corrected chi connectivity index (χ2v) is 3.22. The van der Waals surface area contributed by atoms with Gasteiger partial charge in [0.2, 0.25) is 5.75 Å². The van der Waals surface area contributed by atoms with Crippen molar-refractivity contribution in [1.29, 1.82) is 0 Å². The lowest BCUT2D eigenvalue weighted by Gasteiger charge is -2.05.